The summed E-state index contributed by atoms with van der Waals surface area (Å²) in [5.41, 5.74) is 1.75. The van der Waals surface area contributed by atoms with Crippen molar-refractivity contribution in [2.45, 2.75) is 13.5 Å². The number of nitrogens with one attached hydrogen (secondary N) is 1. The highest BCUT2D eigenvalue weighted by Gasteiger charge is 2.06. The third kappa shape index (κ3) is 3.01. The Morgan fingerprint density at radius 1 is 1.33 bits per heavy atom. The second-order valence-corrected chi connectivity index (χ2v) is 3.77. The lowest BCUT2D eigenvalue weighted by Gasteiger charge is -2.08. The Labute approximate surface area is 106 Å². The Kier molecular flexibility index (Phi) is 4.20. The average Bonchev–Trinajstić information content (AvgIpc) is 2.40. The molecule has 0 aliphatic rings. The number of nitrogens with zero attached hydrogens (tertiary/aromatic N) is 3. The molecule has 1 N–H and O–H groups in total. The molecule has 0 atom stereocenters. The van der Waals surface area contributed by atoms with Crippen molar-refractivity contribution in [3.63, 3.8) is 0 Å². The molecule has 2 aromatic rings. The van der Waals surface area contributed by atoms with Crippen LogP contribution in [0.15, 0.2) is 30.6 Å². The van der Waals surface area contributed by atoms with Crippen LogP contribution in [0.1, 0.15) is 12.6 Å². The minimum atomic E-state index is 0.466. The van der Waals surface area contributed by atoms with Crippen molar-refractivity contribution >= 4 is 5.82 Å². The zero-order chi connectivity index (χ0) is 12.8. The summed E-state index contributed by atoms with van der Waals surface area (Å²) in [4.78, 5) is 13.0. The van der Waals surface area contributed by atoms with Crippen molar-refractivity contribution in [1.29, 1.82) is 0 Å². The zero-order valence-electron chi connectivity index (χ0n) is 10.6. The fourth-order valence-corrected chi connectivity index (χ4v) is 1.62. The van der Waals surface area contributed by atoms with Crippen LogP contribution >= 0.6 is 0 Å². The van der Waals surface area contributed by atoms with Crippen molar-refractivity contribution in [3.8, 4) is 11.4 Å². The second kappa shape index (κ2) is 6.07. The van der Waals surface area contributed by atoms with Gasteiger partial charge in [0.25, 0.3) is 0 Å². The number of hydrogen-bond donors (Lipinski definition) is 1. The molecule has 0 aliphatic heterocycles. The van der Waals surface area contributed by atoms with Gasteiger partial charge < -0.3 is 10.1 Å². The normalized spacial score (nSPS) is 10.3. The van der Waals surface area contributed by atoms with Gasteiger partial charge in [0.15, 0.2) is 5.82 Å². The van der Waals surface area contributed by atoms with Gasteiger partial charge in [-0.25, -0.2) is 9.97 Å². The van der Waals surface area contributed by atoms with Gasteiger partial charge in [-0.05, 0) is 19.1 Å². The summed E-state index contributed by atoms with van der Waals surface area (Å²) in [7, 11) is 1.65. The smallest absolute Gasteiger partial charge is 0.163 e. The summed E-state index contributed by atoms with van der Waals surface area (Å²) in [6, 6.07) is 5.70. The van der Waals surface area contributed by atoms with Gasteiger partial charge in [0, 0.05) is 37.7 Å². The molecule has 18 heavy (non-hydrogen) atoms. The molecule has 0 radical (unpaired) electrons. The van der Waals surface area contributed by atoms with Crippen molar-refractivity contribution < 1.29 is 4.74 Å². The van der Waals surface area contributed by atoms with Crippen molar-refractivity contribution in [3.05, 3.63) is 36.3 Å². The van der Waals surface area contributed by atoms with Crippen LogP contribution in [0, 0.1) is 0 Å². The van der Waals surface area contributed by atoms with E-state index in [9.17, 15) is 0 Å². The number of rotatable bonds is 5. The summed E-state index contributed by atoms with van der Waals surface area (Å²) < 4.78 is 5.12. The van der Waals surface area contributed by atoms with Gasteiger partial charge in [0.1, 0.15) is 5.82 Å². The quantitative estimate of drug-likeness (QED) is 0.873. The highest BCUT2D eigenvalue weighted by molar-refractivity contribution is 5.56. The molecule has 5 nitrogen and oxygen atoms in total. The minimum absolute atomic E-state index is 0.466. The van der Waals surface area contributed by atoms with Gasteiger partial charge in [-0.1, -0.05) is 0 Å². The Morgan fingerprint density at radius 2 is 2.22 bits per heavy atom. The van der Waals surface area contributed by atoms with Gasteiger partial charge in [0.05, 0.1) is 12.3 Å². The number of anilines is 1. The topological polar surface area (TPSA) is 59.9 Å². The lowest BCUT2D eigenvalue weighted by atomic mass is 10.2. The van der Waals surface area contributed by atoms with E-state index in [1.807, 2.05) is 25.1 Å². The van der Waals surface area contributed by atoms with Crippen LogP contribution in [0.5, 0.6) is 0 Å². The van der Waals surface area contributed by atoms with Gasteiger partial charge >= 0.3 is 0 Å². The number of hydrogen-bond acceptors (Lipinski definition) is 5. The molecule has 0 spiro atoms. The first-order valence-corrected chi connectivity index (χ1v) is 5.84. The molecular formula is C13H16N4O. The summed E-state index contributed by atoms with van der Waals surface area (Å²) in [5, 5.41) is 3.19. The zero-order valence-corrected chi connectivity index (χ0v) is 10.6. The molecule has 2 aromatic heterocycles. The SMILES string of the molecule is CCNc1cc(COC)nc(-c2cccnc2)n1. The van der Waals surface area contributed by atoms with Crippen molar-refractivity contribution in [2.24, 2.45) is 0 Å². The van der Waals surface area contributed by atoms with Gasteiger partial charge in [0.2, 0.25) is 0 Å². The molecule has 0 aromatic carbocycles. The monoisotopic (exact) mass is 244 g/mol. The summed E-state index contributed by atoms with van der Waals surface area (Å²) in [5.74, 6) is 1.46. The first-order chi connectivity index (χ1) is 8.83. The van der Waals surface area contributed by atoms with Crippen LogP contribution in [-0.2, 0) is 11.3 Å². The molecule has 2 rings (SSSR count). The first kappa shape index (κ1) is 12.4. The maximum absolute atomic E-state index is 5.12. The van der Waals surface area contributed by atoms with Gasteiger partial charge in [-0.15, -0.1) is 0 Å². The lowest BCUT2D eigenvalue weighted by Crippen LogP contribution is -2.04. The van der Waals surface area contributed by atoms with Crippen LogP contribution in [-0.4, -0.2) is 28.6 Å². The molecule has 94 valence electrons. The fourth-order valence-electron chi connectivity index (χ4n) is 1.62. The number of methoxy groups -OCH3 is 1. The van der Waals surface area contributed by atoms with E-state index >= 15 is 0 Å². The number of pyridine rings is 1. The third-order valence-corrected chi connectivity index (χ3v) is 2.35. The summed E-state index contributed by atoms with van der Waals surface area (Å²) >= 11 is 0. The Bertz CT molecular complexity index is 477. The van der Waals surface area contributed by atoms with E-state index in [1.54, 1.807) is 19.5 Å². The molecule has 5 heteroatoms. The Hall–Kier alpha value is -2.01. The maximum atomic E-state index is 5.12. The van der Waals surface area contributed by atoms with Crippen LogP contribution < -0.4 is 5.32 Å². The van der Waals surface area contributed by atoms with E-state index in [-0.39, 0.29) is 0 Å². The third-order valence-electron chi connectivity index (χ3n) is 2.35. The summed E-state index contributed by atoms with van der Waals surface area (Å²) in [6.45, 7) is 3.31. The fraction of sp³-hybridized carbons (Fsp3) is 0.308. The molecule has 0 saturated heterocycles. The van der Waals surface area contributed by atoms with Crippen LogP contribution in [0.2, 0.25) is 0 Å². The van der Waals surface area contributed by atoms with Gasteiger partial charge in [-0.3, -0.25) is 4.98 Å². The maximum Gasteiger partial charge on any atom is 0.163 e. The van der Waals surface area contributed by atoms with E-state index in [2.05, 4.69) is 20.3 Å². The molecule has 0 unspecified atom stereocenters. The Morgan fingerprint density at radius 3 is 2.89 bits per heavy atom. The predicted octanol–water partition coefficient (Wildman–Crippen LogP) is 2.12. The largest absolute Gasteiger partial charge is 0.378 e. The van der Waals surface area contributed by atoms with E-state index in [0.717, 1.165) is 23.6 Å². The molecular weight excluding hydrogens is 228 g/mol. The number of aromatic nitrogens is 3. The highest BCUT2D eigenvalue weighted by atomic mass is 16.5. The van der Waals surface area contributed by atoms with E-state index in [0.29, 0.717) is 12.4 Å². The molecule has 0 aliphatic carbocycles. The van der Waals surface area contributed by atoms with Crippen LogP contribution in [0.4, 0.5) is 5.82 Å². The number of ether oxygens (including phenoxy) is 1. The van der Waals surface area contributed by atoms with Crippen molar-refractivity contribution in [2.75, 3.05) is 19.0 Å². The first-order valence-electron chi connectivity index (χ1n) is 5.84. The predicted molar refractivity (Wildman–Crippen MR) is 70.1 cm³/mol. The van der Waals surface area contributed by atoms with E-state index in [1.165, 1.54) is 0 Å². The summed E-state index contributed by atoms with van der Waals surface area (Å²) in [6.07, 6.45) is 3.48. The van der Waals surface area contributed by atoms with Crippen LogP contribution in [0.25, 0.3) is 11.4 Å². The minimum Gasteiger partial charge on any atom is -0.378 e. The highest BCUT2D eigenvalue weighted by Crippen LogP contribution is 2.17. The standard InChI is InChI=1S/C13H16N4O/c1-3-15-12-7-11(9-18-2)16-13(17-12)10-5-4-6-14-8-10/h4-8H,3,9H2,1-2H3,(H,15,16,17). The van der Waals surface area contributed by atoms with E-state index < -0.39 is 0 Å². The molecule has 0 bridgehead atoms. The van der Waals surface area contributed by atoms with Crippen molar-refractivity contribution in [1.82, 2.24) is 15.0 Å². The average molecular weight is 244 g/mol. The van der Waals surface area contributed by atoms with Crippen LogP contribution in [0.3, 0.4) is 0 Å². The van der Waals surface area contributed by atoms with Gasteiger partial charge in [-0.2, -0.15) is 0 Å². The Balaban J connectivity index is 2.39. The van der Waals surface area contributed by atoms with E-state index in [4.69, 9.17) is 4.74 Å². The molecule has 0 saturated carbocycles. The second-order valence-electron chi connectivity index (χ2n) is 3.77. The molecule has 0 fully saturated rings. The lowest BCUT2D eigenvalue weighted by molar-refractivity contribution is 0.181. The molecule has 0 amide bonds. The molecule has 2 heterocycles.